The number of benzene rings is 2. The SMILES string of the molecule is C1CCOC1.c1ccc(CCc2ccccc2)cc1. The van der Waals surface area contributed by atoms with E-state index in [-0.39, 0.29) is 0 Å². The van der Waals surface area contributed by atoms with E-state index in [2.05, 4.69) is 60.7 Å². The van der Waals surface area contributed by atoms with E-state index in [1.54, 1.807) is 0 Å². The number of aryl methyl sites for hydroxylation is 2. The number of rotatable bonds is 3. The Kier molecular flexibility index (Phi) is 6.18. The van der Waals surface area contributed by atoms with Gasteiger partial charge in [0.15, 0.2) is 0 Å². The molecule has 2 aromatic rings. The Balaban J connectivity index is 0.000000224. The predicted molar refractivity (Wildman–Crippen MR) is 80.3 cm³/mol. The first-order valence-electron chi connectivity index (χ1n) is 7.11. The van der Waals surface area contributed by atoms with Crippen molar-refractivity contribution >= 4 is 0 Å². The van der Waals surface area contributed by atoms with Gasteiger partial charge in [0.2, 0.25) is 0 Å². The third-order valence-corrected chi connectivity index (χ3v) is 3.22. The molecule has 0 N–H and O–H groups in total. The molecule has 0 unspecified atom stereocenters. The van der Waals surface area contributed by atoms with Crippen LogP contribution in [0.25, 0.3) is 0 Å². The molecule has 0 saturated carbocycles. The zero-order valence-corrected chi connectivity index (χ0v) is 11.4. The second-order valence-electron chi connectivity index (χ2n) is 4.79. The van der Waals surface area contributed by atoms with Crippen LogP contribution < -0.4 is 0 Å². The zero-order chi connectivity index (χ0) is 13.2. The summed E-state index contributed by atoms with van der Waals surface area (Å²) in [5, 5.41) is 0. The molecule has 100 valence electrons. The van der Waals surface area contributed by atoms with Gasteiger partial charge in [0.05, 0.1) is 0 Å². The highest BCUT2D eigenvalue weighted by molar-refractivity contribution is 5.19. The number of ether oxygens (including phenoxy) is 1. The van der Waals surface area contributed by atoms with Crippen LogP contribution in [0.4, 0.5) is 0 Å². The Morgan fingerprint density at radius 2 is 1.05 bits per heavy atom. The molecule has 0 spiro atoms. The van der Waals surface area contributed by atoms with E-state index in [0.29, 0.717) is 0 Å². The van der Waals surface area contributed by atoms with E-state index >= 15 is 0 Å². The Bertz CT molecular complexity index is 385. The van der Waals surface area contributed by atoms with E-state index in [1.165, 1.54) is 24.0 Å². The molecule has 0 atom stereocenters. The lowest BCUT2D eigenvalue weighted by molar-refractivity contribution is 0.198. The predicted octanol–water partition coefficient (Wildman–Crippen LogP) is 4.27. The summed E-state index contributed by atoms with van der Waals surface area (Å²) in [4.78, 5) is 0. The first-order valence-corrected chi connectivity index (χ1v) is 7.11. The van der Waals surface area contributed by atoms with Crippen LogP contribution in [0.3, 0.4) is 0 Å². The van der Waals surface area contributed by atoms with Crippen LogP contribution >= 0.6 is 0 Å². The van der Waals surface area contributed by atoms with Crippen molar-refractivity contribution in [2.75, 3.05) is 13.2 Å². The molecule has 0 bridgehead atoms. The fraction of sp³-hybridized carbons (Fsp3) is 0.333. The topological polar surface area (TPSA) is 9.23 Å². The minimum absolute atomic E-state index is 1.00. The Morgan fingerprint density at radius 1 is 0.632 bits per heavy atom. The number of hydrogen-bond acceptors (Lipinski definition) is 1. The van der Waals surface area contributed by atoms with Gasteiger partial charge in [-0.3, -0.25) is 0 Å². The van der Waals surface area contributed by atoms with Gasteiger partial charge in [-0.05, 0) is 36.8 Å². The van der Waals surface area contributed by atoms with Gasteiger partial charge in [0, 0.05) is 13.2 Å². The Morgan fingerprint density at radius 3 is 1.37 bits per heavy atom. The highest BCUT2D eigenvalue weighted by Gasteiger charge is 1.95. The monoisotopic (exact) mass is 254 g/mol. The maximum Gasteiger partial charge on any atom is 0.0466 e. The highest BCUT2D eigenvalue weighted by atomic mass is 16.5. The molecule has 19 heavy (non-hydrogen) atoms. The first kappa shape index (κ1) is 13.8. The van der Waals surface area contributed by atoms with Gasteiger partial charge in [-0.2, -0.15) is 0 Å². The maximum absolute atomic E-state index is 4.94. The average molecular weight is 254 g/mol. The van der Waals surface area contributed by atoms with Gasteiger partial charge in [-0.1, -0.05) is 60.7 Å². The molecule has 0 aromatic heterocycles. The molecule has 1 aliphatic heterocycles. The molecule has 1 heteroatoms. The van der Waals surface area contributed by atoms with Gasteiger partial charge < -0.3 is 4.74 Å². The summed E-state index contributed by atoms with van der Waals surface area (Å²) >= 11 is 0. The van der Waals surface area contributed by atoms with Gasteiger partial charge in [-0.25, -0.2) is 0 Å². The third-order valence-electron chi connectivity index (χ3n) is 3.22. The van der Waals surface area contributed by atoms with E-state index in [9.17, 15) is 0 Å². The van der Waals surface area contributed by atoms with Gasteiger partial charge in [-0.15, -0.1) is 0 Å². The lowest BCUT2D eigenvalue weighted by Gasteiger charge is -2.01. The fourth-order valence-corrected chi connectivity index (χ4v) is 2.09. The Hall–Kier alpha value is -1.60. The van der Waals surface area contributed by atoms with Gasteiger partial charge in [0.1, 0.15) is 0 Å². The van der Waals surface area contributed by atoms with Crippen LogP contribution in [-0.4, -0.2) is 13.2 Å². The first-order chi connectivity index (χ1) is 9.45. The van der Waals surface area contributed by atoms with E-state index in [1.807, 2.05) is 0 Å². The van der Waals surface area contributed by atoms with E-state index in [0.717, 1.165) is 26.1 Å². The van der Waals surface area contributed by atoms with Crippen LogP contribution in [-0.2, 0) is 17.6 Å². The average Bonchev–Trinajstić information content (AvgIpc) is 3.07. The molecule has 1 fully saturated rings. The lowest BCUT2D eigenvalue weighted by Crippen LogP contribution is -1.89. The molecule has 3 rings (SSSR count). The van der Waals surface area contributed by atoms with Gasteiger partial charge >= 0.3 is 0 Å². The Labute approximate surface area is 116 Å². The van der Waals surface area contributed by atoms with Crippen molar-refractivity contribution in [3.8, 4) is 0 Å². The van der Waals surface area contributed by atoms with Crippen molar-refractivity contribution in [1.29, 1.82) is 0 Å². The molecule has 2 aromatic carbocycles. The fourth-order valence-electron chi connectivity index (χ4n) is 2.09. The molecule has 0 radical (unpaired) electrons. The van der Waals surface area contributed by atoms with Crippen LogP contribution in [0.15, 0.2) is 60.7 Å². The summed E-state index contributed by atoms with van der Waals surface area (Å²) in [7, 11) is 0. The van der Waals surface area contributed by atoms with Crippen LogP contribution in [0, 0.1) is 0 Å². The third kappa shape index (κ3) is 5.71. The smallest absolute Gasteiger partial charge is 0.0466 e. The van der Waals surface area contributed by atoms with Crippen molar-refractivity contribution < 1.29 is 4.74 Å². The summed E-state index contributed by atoms with van der Waals surface area (Å²) in [6.07, 6.45) is 4.82. The minimum atomic E-state index is 1.00. The molecule has 0 amide bonds. The van der Waals surface area contributed by atoms with E-state index in [4.69, 9.17) is 4.74 Å². The molecular weight excluding hydrogens is 232 g/mol. The number of hydrogen-bond donors (Lipinski definition) is 0. The molecule has 1 aliphatic rings. The highest BCUT2D eigenvalue weighted by Crippen LogP contribution is 2.06. The lowest BCUT2D eigenvalue weighted by atomic mass is 10.0. The van der Waals surface area contributed by atoms with Crippen LogP contribution in [0.2, 0.25) is 0 Å². The van der Waals surface area contributed by atoms with Crippen molar-refractivity contribution in [1.82, 2.24) is 0 Å². The zero-order valence-electron chi connectivity index (χ0n) is 11.4. The van der Waals surface area contributed by atoms with Crippen molar-refractivity contribution in [2.45, 2.75) is 25.7 Å². The summed E-state index contributed by atoms with van der Waals surface area (Å²) in [5.41, 5.74) is 2.83. The minimum Gasteiger partial charge on any atom is -0.381 e. The van der Waals surface area contributed by atoms with Crippen molar-refractivity contribution in [2.24, 2.45) is 0 Å². The van der Waals surface area contributed by atoms with Crippen LogP contribution in [0.5, 0.6) is 0 Å². The molecule has 1 heterocycles. The molecule has 0 aliphatic carbocycles. The van der Waals surface area contributed by atoms with Gasteiger partial charge in [0.25, 0.3) is 0 Å². The summed E-state index contributed by atoms with van der Waals surface area (Å²) in [6, 6.07) is 21.2. The molecule has 1 nitrogen and oxygen atoms in total. The normalized spacial score (nSPS) is 13.7. The summed E-state index contributed by atoms with van der Waals surface area (Å²) in [6.45, 7) is 2.00. The summed E-state index contributed by atoms with van der Waals surface area (Å²) in [5.74, 6) is 0. The molecule has 1 saturated heterocycles. The maximum atomic E-state index is 4.94. The van der Waals surface area contributed by atoms with Crippen molar-refractivity contribution in [3.63, 3.8) is 0 Å². The van der Waals surface area contributed by atoms with Crippen molar-refractivity contribution in [3.05, 3.63) is 71.8 Å². The second kappa shape index (κ2) is 8.49. The van der Waals surface area contributed by atoms with E-state index < -0.39 is 0 Å². The summed E-state index contributed by atoms with van der Waals surface area (Å²) < 4.78 is 4.94. The second-order valence-corrected chi connectivity index (χ2v) is 4.79. The standard InChI is InChI=1S/C14H14.C4H8O/c1-3-7-13(8-4-1)11-12-14-9-5-2-6-10-14;1-2-4-5-3-1/h1-10H,11-12H2;1-4H2. The largest absolute Gasteiger partial charge is 0.381 e. The molecular formula is C18H22O. The quantitative estimate of drug-likeness (QED) is 0.795. The van der Waals surface area contributed by atoms with Crippen LogP contribution in [0.1, 0.15) is 24.0 Å².